The number of nitrogens with one attached hydrogen (secondary N) is 1. The molecule has 1 atom stereocenters. The lowest BCUT2D eigenvalue weighted by Gasteiger charge is -2.42. The number of hydrogen-bond donors (Lipinski definition) is 2. The number of carbonyl (C=O) groups is 2. The fourth-order valence-electron chi connectivity index (χ4n) is 3.11. The number of aromatic nitrogens is 1. The van der Waals surface area contributed by atoms with Crippen molar-refractivity contribution in [3.8, 4) is 0 Å². The highest BCUT2D eigenvalue weighted by Crippen LogP contribution is 2.28. The Morgan fingerprint density at radius 2 is 2.15 bits per heavy atom. The van der Waals surface area contributed by atoms with Gasteiger partial charge in [0.1, 0.15) is 5.82 Å². The van der Waals surface area contributed by atoms with Crippen LogP contribution >= 0.6 is 11.3 Å². The molecular formula is C19H23FN4O2S. The Morgan fingerprint density at radius 1 is 1.41 bits per heavy atom. The number of thiazole rings is 1. The second-order valence-electron chi connectivity index (χ2n) is 7.45. The zero-order valence-corrected chi connectivity index (χ0v) is 16.2. The van der Waals surface area contributed by atoms with Gasteiger partial charge in [-0.1, -0.05) is 26.0 Å². The second kappa shape index (κ2) is 7.74. The summed E-state index contributed by atoms with van der Waals surface area (Å²) in [6.07, 6.45) is 0.942. The van der Waals surface area contributed by atoms with Crippen molar-refractivity contribution in [3.05, 3.63) is 46.7 Å². The molecule has 0 radical (unpaired) electrons. The lowest BCUT2D eigenvalue weighted by molar-refractivity contribution is -0.133. The van der Waals surface area contributed by atoms with Crippen molar-refractivity contribution >= 4 is 28.3 Å². The maximum Gasteiger partial charge on any atom is 0.260 e. The lowest BCUT2D eigenvalue weighted by atomic mass is 9.79. The molecule has 1 aliphatic heterocycles. The number of nitrogens with two attached hydrogens (primary N) is 1. The molecule has 1 fully saturated rings. The normalized spacial score (nSPS) is 19.0. The Morgan fingerprint density at radius 3 is 2.85 bits per heavy atom. The summed E-state index contributed by atoms with van der Waals surface area (Å²) in [5.41, 5.74) is 6.54. The van der Waals surface area contributed by atoms with Gasteiger partial charge in [-0.2, -0.15) is 0 Å². The van der Waals surface area contributed by atoms with Crippen molar-refractivity contribution in [2.24, 2.45) is 11.1 Å². The molecule has 1 saturated heterocycles. The Bertz CT molecular complexity index is 852. The first kappa shape index (κ1) is 19.4. The number of nitrogens with zero attached hydrogens (tertiary/aromatic N) is 2. The Hall–Kier alpha value is -2.32. The Labute approximate surface area is 161 Å². The van der Waals surface area contributed by atoms with E-state index < -0.39 is 11.7 Å². The van der Waals surface area contributed by atoms with Crippen LogP contribution in [-0.4, -0.2) is 40.8 Å². The molecule has 3 rings (SSSR count). The molecule has 6 nitrogen and oxygen atoms in total. The first-order chi connectivity index (χ1) is 12.8. The SMILES string of the molecule is CC1(C)CN(C(=O)Cc2csc(NC(=O)c3ccccc3F)n2)CCC1N. The van der Waals surface area contributed by atoms with Gasteiger partial charge in [0.05, 0.1) is 17.7 Å². The highest BCUT2D eigenvalue weighted by Gasteiger charge is 2.35. The molecule has 8 heteroatoms. The van der Waals surface area contributed by atoms with Gasteiger partial charge in [0, 0.05) is 24.5 Å². The van der Waals surface area contributed by atoms with Crippen molar-refractivity contribution in [1.82, 2.24) is 9.88 Å². The van der Waals surface area contributed by atoms with Gasteiger partial charge in [-0.3, -0.25) is 14.9 Å². The maximum atomic E-state index is 13.7. The summed E-state index contributed by atoms with van der Waals surface area (Å²) in [7, 11) is 0. The smallest absolute Gasteiger partial charge is 0.260 e. The van der Waals surface area contributed by atoms with Crippen LogP contribution in [0.2, 0.25) is 0 Å². The predicted octanol–water partition coefficient (Wildman–Crippen LogP) is 2.66. The summed E-state index contributed by atoms with van der Waals surface area (Å²) in [6, 6.07) is 5.84. The van der Waals surface area contributed by atoms with Gasteiger partial charge in [-0.25, -0.2) is 9.37 Å². The number of anilines is 1. The van der Waals surface area contributed by atoms with Crippen LogP contribution < -0.4 is 11.1 Å². The molecule has 2 amide bonds. The molecule has 1 aromatic heterocycles. The van der Waals surface area contributed by atoms with E-state index in [1.807, 2.05) is 4.90 Å². The average Bonchev–Trinajstić information content (AvgIpc) is 3.04. The molecule has 0 saturated carbocycles. The minimum Gasteiger partial charge on any atom is -0.342 e. The van der Waals surface area contributed by atoms with Gasteiger partial charge < -0.3 is 10.6 Å². The van der Waals surface area contributed by atoms with Gasteiger partial charge in [-0.05, 0) is 24.0 Å². The molecule has 0 aliphatic carbocycles. The molecule has 0 bridgehead atoms. The van der Waals surface area contributed by atoms with Crippen LogP contribution in [-0.2, 0) is 11.2 Å². The van der Waals surface area contributed by atoms with Crippen molar-refractivity contribution in [1.29, 1.82) is 0 Å². The van der Waals surface area contributed by atoms with E-state index >= 15 is 0 Å². The van der Waals surface area contributed by atoms with Crippen molar-refractivity contribution in [2.75, 3.05) is 18.4 Å². The van der Waals surface area contributed by atoms with Gasteiger partial charge >= 0.3 is 0 Å². The van der Waals surface area contributed by atoms with E-state index in [-0.39, 0.29) is 29.3 Å². The molecule has 144 valence electrons. The zero-order chi connectivity index (χ0) is 19.6. The third kappa shape index (κ3) is 4.51. The number of rotatable bonds is 4. The van der Waals surface area contributed by atoms with E-state index in [0.29, 0.717) is 23.9 Å². The van der Waals surface area contributed by atoms with Crippen molar-refractivity contribution in [2.45, 2.75) is 32.7 Å². The topological polar surface area (TPSA) is 88.3 Å². The van der Waals surface area contributed by atoms with Gasteiger partial charge in [0.25, 0.3) is 5.91 Å². The first-order valence-electron chi connectivity index (χ1n) is 8.80. The molecule has 1 unspecified atom stereocenters. The standard InChI is InChI=1S/C19H23FN4O2S/c1-19(2)11-24(8-7-15(19)21)16(25)9-12-10-27-18(22-12)23-17(26)13-5-3-4-6-14(13)20/h3-6,10,15H,7-9,11,21H2,1-2H3,(H,22,23,26). The summed E-state index contributed by atoms with van der Waals surface area (Å²) in [5.74, 6) is -1.16. The third-order valence-corrected chi connectivity index (χ3v) is 5.69. The van der Waals surface area contributed by atoms with E-state index in [9.17, 15) is 14.0 Å². The molecule has 3 N–H and O–H groups in total. The fourth-order valence-corrected chi connectivity index (χ4v) is 3.81. The van der Waals surface area contributed by atoms with Crippen molar-refractivity contribution in [3.63, 3.8) is 0 Å². The largest absolute Gasteiger partial charge is 0.342 e. The highest BCUT2D eigenvalue weighted by molar-refractivity contribution is 7.14. The zero-order valence-electron chi connectivity index (χ0n) is 15.4. The van der Waals surface area contributed by atoms with Crippen LogP contribution in [0.25, 0.3) is 0 Å². The number of halogens is 1. The van der Waals surface area contributed by atoms with Gasteiger partial charge in [-0.15, -0.1) is 11.3 Å². The predicted molar refractivity (Wildman–Crippen MR) is 103 cm³/mol. The average molecular weight is 390 g/mol. The molecule has 1 aliphatic rings. The lowest BCUT2D eigenvalue weighted by Crippen LogP contribution is -2.54. The van der Waals surface area contributed by atoms with Crippen LogP contribution in [0.5, 0.6) is 0 Å². The Balaban J connectivity index is 1.60. The minimum atomic E-state index is -0.590. The molecule has 2 heterocycles. The van der Waals surface area contributed by atoms with E-state index in [4.69, 9.17) is 5.73 Å². The molecular weight excluding hydrogens is 367 g/mol. The fraction of sp³-hybridized carbons (Fsp3) is 0.421. The number of amides is 2. The number of piperidine rings is 1. The van der Waals surface area contributed by atoms with E-state index in [2.05, 4.69) is 24.1 Å². The van der Waals surface area contributed by atoms with E-state index in [1.165, 1.54) is 29.5 Å². The highest BCUT2D eigenvalue weighted by atomic mass is 32.1. The van der Waals surface area contributed by atoms with Crippen LogP contribution in [0.3, 0.4) is 0 Å². The quantitative estimate of drug-likeness (QED) is 0.840. The third-order valence-electron chi connectivity index (χ3n) is 4.89. The number of carbonyl (C=O) groups excluding carboxylic acids is 2. The monoisotopic (exact) mass is 390 g/mol. The molecule has 2 aromatic rings. The van der Waals surface area contributed by atoms with Crippen molar-refractivity contribution < 1.29 is 14.0 Å². The minimum absolute atomic E-state index is 0.00717. The summed E-state index contributed by atoms with van der Waals surface area (Å²) < 4.78 is 13.7. The van der Waals surface area contributed by atoms with E-state index in [1.54, 1.807) is 11.4 Å². The molecule has 0 spiro atoms. The van der Waals surface area contributed by atoms with Crippen LogP contribution in [0.15, 0.2) is 29.6 Å². The van der Waals surface area contributed by atoms with Crippen LogP contribution in [0.1, 0.15) is 36.3 Å². The van der Waals surface area contributed by atoms with Gasteiger partial charge in [0.15, 0.2) is 5.13 Å². The maximum absolute atomic E-state index is 13.7. The number of hydrogen-bond acceptors (Lipinski definition) is 5. The first-order valence-corrected chi connectivity index (χ1v) is 9.68. The Kier molecular flexibility index (Phi) is 5.57. The van der Waals surface area contributed by atoms with Gasteiger partial charge in [0.2, 0.25) is 5.91 Å². The number of likely N-dealkylation sites (tertiary alicyclic amines) is 1. The van der Waals surface area contributed by atoms with Crippen LogP contribution in [0.4, 0.5) is 9.52 Å². The van der Waals surface area contributed by atoms with E-state index in [0.717, 1.165) is 6.42 Å². The summed E-state index contributed by atoms with van der Waals surface area (Å²) >= 11 is 1.21. The molecule has 27 heavy (non-hydrogen) atoms. The van der Waals surface area contributed by atoms with Crippen LogP contribution in [0, 0.1) is 11.2 Å². The second-order valence-corrected chi connectivity index (χ2v) is 8.31. The summed E-state index contributed by atoms with van der Waals surface area (Å²) in [5, 5.41) is 4.65. The number of benzene rings is 1. The molecule has 1 aromatic carbocycles. The summed E-state index contributed by atoms with van der Waals surface area (Å²) in [6.45, 7) is 5.39. The summed E-state index contributed by atoms with van der Waals surface area (Å²) in [4.78, 5) is 30.8.